The van der Waals surface area contributed by atoms with Gasteiger partial charge in [-0.3, -0.25) is 9.59 Å². The maximum atomic E-state index is 11.0. The molecule has 6 nitrogen and oxygen atoms in total. The molecule has 0 saturated heterocycles. The smallest absolute Gasteiger partial charge is 0.328 e. The van der Waals surface area contributed by atoms with E-state index in [2.05, 4.69) is 0 Å². The number of rotatable bonds is 4. The number of hydrogen-bond donors (Lipinski definition) is 1. The van der Waals surface area contributed by atoms with Crippen LogP contribution in [0.4, 0.5) is 0 Å². The Morgan fingerprint density at radius 3 is 2.10 bits per heavy atom. The molecular formula is C13H13ClO6. The molecule has 7 heteroatoms. The Bertz CT molecular complexity index is 550. The van der Waals surface area contributed by atoms with Crippen LogP contribution in [0.1, 0.15) is 19.4 Å². The standard InChI is InChI=1S/C13H12O6.ClH/c1-8(14)18-11-5-3-10(4-6-13(16)17)7-12(11)19-9(2)15;/h3-7H,1-2H3,(H,16,17);1H. The van der Waals surface area contributed by atoms with E-state index in [9.17, 15) is 14.4 Å². The SMILES string of the molecule is CC(=O)Oc1ccc(C=CC(=O)O)cc1OC(C)=O.Cl. The molecule has 0 aliphatic rings. The molecule has 0 saturated carbocycles. The molecule has 0 unspecified atom stereocenters. The fourth-order valence-corrected chi connectivity index (χ4v) is 1.27. The average Bonchev–Trinajstić information content (AvgIpc) is 2.28. The molecule has 0 bridgehead atoms. The van der Waals surface area contributed by atoms with Gasteiger partial charge >= 0.3 is 17.9 Å². The first-order chi connectivity index (χ1) is 8.88. The van der Waals surface area contributed by atoms with Crippen molar-refractivity contribution in [2.75, 3.05) is 0 Å². The zero-order chi connectivity index (χ0) is 14.4. The summed E-state index contributed by atoms with van der Waals surface area (Å²) in [5.74, 6) is -2.08. The van der Waals surface area contributed by atoms with E-state index in [1.54, 1.807) is 0 Å². The molecule has 1 aromatic carbocycles. The summed E-state index contributed by atoms with van der Waals surface area (Å²) >= 11 is 0. The summed E-state index contributed by atoms with van der Waals surface area (Å²) in [7, 11) is 0. The minimum Gasteiger partial charge on any atom is -0.478 e. The predicted octanol–water partition coefficient (Wildman–Crippen LogP) is 2.06. The lowest BCUT2D eigenvalue weighted by Crippen LogP contribution is -2.07. The normalized spacial score (nSPS) is 9.70. The zero-order valence-corrected chi connectivity index (χ0v) is 11.6. The first kappa shape index (κ1) is 17.7. The fraction of sp³-hybridized carbons (Fsp3) is 0.154. The molecule has 108 valence electrons. The molecule has 0 fully saturated rings. The van der Waals surface area contributed by atoms with Gasteiger partial charge in [0, 0.05) is 19.9 Å². The Morgan fingerprint density at radius 2 is 1.60 bits per heavy atom. The van der Waals surface area contributed by atoms with Gasteiger partial charge in [0.25, 0.3) is 0 Å². The lowest BCUT2D eigenvalue weighted by Gasteiger charge is -2.09. The molecule has 20 heavy (non-hydrogen) atoms. The van der Waals surface area contributed by atoms with Crippen molar-refractivity contribution in [3.63, 3.8) is 0 Å². The van der Waals surface area contributed by atoms with E-state index >= 15 is 0 Å². The minimum atomic E-state index is -1.10. The van der Waals surface area contributed by atoms with Crippen molar-refractivity contribution in [2.24, 2.45) is 0 Å². The number of halogens is 1. The van der Waals surface area contributed by atoms with Gasteiger partial charge in [-0.05, 0) is 23.8 Å². The quantitative estimate of drug-likeness (QED) is 0.520. The van der Waals surface area contributed by atoms with Crippen LogP contribution in [0.15, 0.2) is 24.3 Å². The van der Waals surface area contributed by atoms with Crippen LogP contribution in [0, 0.1) is 0 Å². The lowest BCUT2D eigenvalue weighted by molar-refractivity contribution is -0.134. The second-order valence-corrected chi connectivity index (χ2v) is 3.57. The van der Waals surface area contributed by atoms with Crippen molar-refractivity contribution in [3.8, 4) is 11.5 Å². The molecule has 0 atom stereocenters. The Hall–Kier alpha value is -2.34. The summed E-state index contributed by atoms with van der Waals surface area (Å²) in [4.78, 5) is 32.3. The van der Waals surface area contributed by atoms with Crippen molar-refractivity contribution in [3.05, 3.63) is 29.8 Å². The number of aliphatic carboxylic acids is 1. The van der Waals surface area contributed by atoms with E-state index in [4.69, 9.17) is 14.6 Å². The summed E-state index contributed by atoms with van der Waals surface area (Å²) in [6, 6.07) is 4.35. The molecule has 0 spiro atoms. The van der Waals surface area contributed by atoms with Gasteiger partial charge in [0.1, 0.15) is 0 Å². The first-order valence-electron chi connectivity index (χ1n) is 5.30. The molecule has 0 amide bonds. The maximum absolute atomic E-state index is 11.0. The highest BCUT2D eigenvalue weighted by Gasteiger charge is 2.10. The summed E-state index contributed by atoms with van der Waals surface area (Å²) in [6.45, 7) is 2.42. The third kappa shape index (κ3) is 6.01. The van der Waals surface area contributed by atoms with Crippen molar-refractivity contribution >= 4 is 36.4 Å². The highest BCUT2D eigenvalue weighted by Crippen LogP contribution is 2.29. The molecule has 0 heterocycles. The van der Waals surface area contributed by atoms with E-state index in [0.717, 1.165) is 6.08 Å². The molecule has 1 N–H and O–H groups in total. The van der Waals surface area contributed by atoms with Crippen LogP contribution in [-0.4, -0.2) is 23.0 Å². The number of carbonyl (C=O) groups excluding carboxylic acids is 2. The van der Waals surface area contributed by atoms with Crippen molar-refractivity contribution in [2.45, 2.75) is 13.8 Å². The van der Waals surface area contributed by atoms with Gasteiger partial charge in [0.2, 0.25) is 0 Å². The molecule has 0 aromatic heterocycles. The molecule has 0 aliphatic carbocycles. The highest BCUT2D eigenvalue weighted by molar-refractivity contribution is 5.86. The van der Waals surface area contributed by atoms with Gasteiger partial charge in [-0.2, -0.15) is 0 Å². The summed E-state index contributed by atoms with van der Waals surface area (Å²) in [5.41, 5.74) is 0.495. The van der Waals surface area contributed by atoms with Crippen molar-refractivity contribution < 1.29 is 29.0 Å². The lowest BCUT2D eigenvalue weighted by atomic mass is 10.2. The van der Waals surface area contributed by atoms with Gasteiger partial charge < -0.3 is 14.6 Å². The maximum Gasteiger partial charge on any atom is 0.328 e. The Labute approximate surface area is 121 Å². The number of hydrogen-bond acceptors (Lipinski definition) is 5. The molecular weight excluding hydrogens is 288 g/mol. The average molecular weight is 301 g/mol. The Kier molecular flexibility index (Phi) is 7.03. The molecule has 0 aliphatic heterocycles. The zero-order valence-electron chi connectivity index (χ0n) is 10.8. The Balaban J connectivity index is 0.00000361. The monoisotopic (exact) mass is 300 g/mol. The first-order valence-corrected chi connectivity index (χ1v) is 5.30. The number of carboxylic acid groups (broad SMARTS) is 1. The third-order valence-corrected chi connectivity index (χ3v) is 1.89. The van der Waals surface area contributed by atoms with Crippen molar-refractivity contribution in [1.29, 1.82) is 0 Å². The molecule has 1 rings (SSSR count). The number of carboxylic acids is 1. The molecule has 0 radical (unpaired) electrons. The van der Waals surface area contributed by atoms with Crippen LogP contribution in [0.5, 0.6) is 11.5 Å². The third-order valence-electron chi connectivity index (χ3n) is 1.89. The second-order valence-electron chi connectivity index (χ2n) is 3.57. The van der Waals surface area contributed by atoms with Gasteiger partial charge in [0.15, 0.2) is 11.5 Å². The van der Waals surface area contributed by atoms with Gasteiger partial charge in [0.05, 0.1) is 0 Å². The largest absolute Gasteiger partial charge is 0.478 e. The summed E-state index contributed by atoms with van der Waals surface area (Å²) in [6.07, 6.45) is 2.27. The van der Waals surface area contributed by atoms with E-state index in [0.29, 0.717) is 5.56 Å². The highest BCUT2D eigenvalue weighted by atomic mass is 35.5. The summed E-state index contributed by atoms with van der Waals surface area (Å²) < 4.78 is 9.77. The topological polar surface area (TPSA) is 89.9 Å². The van der Waals surface area contributed by atoms with Gasteiger partial charge in [-0.25, -0.2) is 4.79 Å². The van der Waals surface area contributed by atoms with Crippen LogP contribution in [0.2, 0.25) is 0 Å². The van der Waals surface area contributed by atoms with Crippen LogP contribution in [0.3, 0.4) is 0 Å². The van der Waals surface area contributed by atoms with Crippen LogP contribution in [-0.2, 0) is 14.4 Å². The second kappa shape index (κ2) is 7.96. The van der Waals surface area contributed by atoms with Crippen molar-refractivity contribution in [1.82, 2.24) is 0 Å². The number of esters is 2. The fourth-order valence-electron chi connectivity index (χ4n) is 1.27. The van der Waals surface area contributed by atoms with Crippen LogP contribution >= 0.6 is 12.4 Å². The predicted molar refractivity (Wildman–Crippen MR) is 73.0 cm³/mol. The van der Waals surface area contributed by atoms with E-state index < -0.39 is 17.9 Å². The minimum absolute atomic E-state index is 0. The van der Waals surface area contributed by atoms with Crippen LogP contribution in [0.25, 0.3) is 6.08 Å². The van der Waals surface area contributed by atoms with E-state index in [1.165, 1.54) is 38.1 Å². The number of ether oxygens (including phenoxy) is 2. The molecule has 1 aromatic rings. The van der Waals surface area contributed by atoms with E-state index in [1.807, 2.05) is 0 Å². The Morgan fingerprint density at radius 1 is 1.05 bits per heavy atom. The van der Waals surface area contributed by atoms with E-state index in [-0.39, 0.29) is 23.9 Å². The number of benzene rings is 1. The number of carbonyl (C=O) groups is 3. The summed E-state index contributed by atoms with van der Waals surface area (Å²) in [5, 5.41) is 8.52. The van der Waals surface area contributed by atoms with Gasteiger partial charge in [-0.15, -0.1) is 12.4 Å². The van der Waals surface area contributed by atoms with Gasteiger partial charge in [-0.1, -0.05) is 6.07 Å². The van der Waals surface area contributed by atoms with Crippen LogP contribution < -0.4 is 9.47 Å².